The third-order valence-corrected chi connectivity index (χ3v) is 2.15. The number of rotatable bonds is 1. The molecule has 2 atom stereocenters. The van der Waals surface area contributed by atoms with Crippen molar-refractivity contribution in [3.05, 3.63) is 29.8 Å². The van der Waals surface area contributed by atoms with E-state index in [2.05, 4.69) is 0 Å². The van der Waals surface area contributed by atoms with Gasteiger partial charge in [-0.05, 0) is 6.07 Å². The first-order valence-electron chi connectivity index (χ1n) is 4.08. The topological polar surface area (TPSA) is 41.5 Å². The minimum Gasteiger partial charge on any atom is -0.490 e. The lowest BCUT2D eigenvalue weighted by atomic mass is 10.0. The van der Waals surface area contributed by atoms with E-state index in [0.717, 1.165) is 0 Å². The maximum absolute atomic E-state index is 13.2. The summed E-state index contributed by atoms with van der Waals surface area (Å²) in [6.45, 7) is -0.0186. The molecular formula is C9H10FNO2. The number of ether oxygens (including phenoxy) is 1. The first kappa shape index (κ1) is 8.47. The molecule has 1 aliphatic rings. The van der Waals surface area contributed by atoms with Gasteiger partial charge in [-0.3, -0.25) is 0 Å². The Hall–Kier alpha value is -1.13. The minimum absolute atomic E-state index is 0.0186. The van der Waals surface area contributed by atoms with Crippen molar-refractivity contribution in [2.24, 2.45) is 0 Å². The van der Waals surface area contributed by atoms with Gasteiger partial charge >= 0.3 is 0 Å². The van der Waals surface area contributed by atoms with Crippen molar-refractivity contribution in [3.8, 4) is 5.75 Å². The summed E-state index contributed by atoms with van der Waals surface area (Å²) in [6.07, 6.45) is -1.21. The largest absolute Gasteiger partial charge is 0.490 e. The van der Waals surface area contributed by atoms with Gasteiger partial charge in [0.2, 0.25) is 0 Å². The summed E-state index contributed by atoms with van der Waals surface area (Å²) in [5.41, 5.74) is 2.61. The Morgan fingerprint density at radius 3 is 3.00 bits per heavy atom. The fraction of sp³-hybridized carbons (Fsp3) is 0.333. The van der Waals surface area contributed by atoms with Crippen molar-refractivity contribution in [3.63, 3.8) is 0 Å². The Kier molecular flexibility index (Phi) is 2.16. The second kappa shape index (κ2) is 3.32. The highest BCUT2D eigenvalue weighted by Gasteiger charge is 2.29. The predicted molar refractivity (Wildman–Crippen MR) is 44.5 cm³/mol. The molecule has 70 valence electrons. The summed E-state index contributed by atoms with van der Waals surface area (Å²) in [6, 6.07) is 6.40. The van der Waals surface area contributed by atoms with Crippen molar-refractivity contribution in [1.82, 2.24) is 5.48 Å². The lowest BCUT2D eigenvalue weighted by Gasteiger charge is -2.27. The molecular weight excluding hydrogens is 173 g/mol. The lowest BCUT2D eigenvalue weighted by molar-refractivity contribution is 0.0438. The Morgan fingerprint density at radius 2 is 2.23 bits per heavy atom. The molecule has 0 saturated carbocycles. The molecule has 0 aromatic heterocycles. The normalized spacial score (nSPS) is 26.3. The fourth-order valence-electron chi connectivity index (χ4n) is 1.48. The van der Waals surface area contributed by atoms with Gasteiger partial charge in [-0.1, -0.05) is 18.2 Å². The van der Waals surface area contributed by atoms with Crippen molar-refractivity contribution >= 4 is 0 Å². The second-order valence-corrected chi connectivity index (χ2v) is 2.97. The number of benzene rings is 1. The minimum atomic E-state index is -1.21. The Bertz CT molecular complexity index is 305. The molecule has 1 aromatic rings. The van der Waals surface area contributed by atoms with Crippen LogP contribution in [0.3, 0.4) is 0 Å². The molecule has 1 heterocycles. The van der Waals surface area contributed by atoms with Gasteiger partial charge in [0.15, 0.2) is 6.17 Å². The van der Waals surface area contributed by atoms with Crippen LogP contribution >= 0.6 is 0 Å². The molecule has 0 fully saturated rings. The van der Waals surface area contributed by atoms with E-state index < -0.39 is 12.2 Å². The molecule has 1 aliphatic heterocycles. The predicted octanol–water partition coefficient (Wildman–Crippen LogP) is 1.44. The molecule has 0 aliphatic carbocycles. The monoisotopic (exact) mass is 183 g/mol. The molecule has 3 nitrogen and oxygen atoms in total. The van der Waals surface area contributed by atoms with Gasteiger partial charge in [0.1, 0.15) is 12.4 Å². The summed E-state index contributed by atoms with van der Waals surface area (Å²) in [5.74, 6) is 0.628. The van der Waals surface area contributed by atoms with Crippen LogP contribution in [0.1, 0.15) is 11.6 Å². The summed E-state index contributed by atoms with van der Waals surface area (Å²) < 4.78 is 18.3. The summed E-state index contributed by atoms with van der Waals surface area (Å²) in [7, 11) is 0. The third kappa shape index (κ3) is 1.38. The van der Waals surface area contributed by atoms with Crippen LogP contribution in [0.2, 0.25) is 0 Å². The number of fused-ring (bicyclic) bond motifs is 1. The van der Waals surface area contributed by atoms with Crippen LogP contribution in [0.15, 0.2) is 24.3 Å². The molecule has 2 rings (SSSR count). The van der Waals surface area contributed by atoms with E-state index in [9.17, 15) is 4.39 Å². The van der Waals surface area contributed by atoms with Crippen molar-refractivity contribution in [1.29, 1.82) is 0 Å². The first-order chi connectivity index (χ1) is 6.33. The van der Waals surface area contributed by atoms with Crippen LogP contribution in [0.25, 0.3) is 0 Å². The van der Waals surface area contributed by atoms with Gasteiger partial charge in [-0.25, -0.2) is 4.39 Å². The maximum atomic E-state index is 13.2. The van der Waals surface area contributed by atoms with E-state index in [4.69, 9.17) is 9.94 Å². The second-order valence-electron chi connectivity index (χ2n) is 2.97. The number of halogens is 1. The van der Waals surface area contributed by atoms with Gasteiger partial charge in [0.05, 0.1) is 6.04 Å². The SMILES string of the molecule is ON[C@@H]1c2ccccc2OC[C@@H]1F. The van der Waals surface area contributed by atoms with Gasteiger partial charge in [-0.2, -0.15) is 5.48 Å². The van der Waals surface area contributed by atoms with Crippen LogP contribution in [-0.4, -0.2) is 18.0 Å². The first-order valence-corrected chi connectivity index (χ1v) is 4.08. The molecule has 0 saturated heterocycles. The highest BCUT2D eigenvalue weighted by Crippen LogP contribution is 2.32. The van der Waals surface area contributed by atoms with Crippen molar-refractivity contribution in [2.75, 3.05) is 6.61 Å². The molecule has 0 amide bonds. The average molecular weight is 183 g/mol. The van der Waals surface area contributed by atoms with E-state index in [-0.39, 0.29) is 6.61 Å². The Morgan fingerprint density at radius 1 is 1.46 bits per heavy atom. The van der Waals surface area contributed by atoms with Crippen LogP contribution in [0.4, 0.5) is 4.39 Å². The van der Waals surface area contributed by atoms with Crippen LogP contribution in [-0.2, 0) is 0 Å². The molecule has 0 spiro atoms. The molecule has 4 heteroatoms. The smallest absolute Gasteiger partial charge is 0.156 e. The number of alkyl halides is 1. The van der Waals surface area contributed by atoms with E-state index in [1.807, 2.05) is 11.5 Å². The van der Waals surface area contributed by atoms with Gasteiger partial charge in [0.25, 0.3) is 0 Å². The third-order valence-electron chi connectivity index (χ3n) is 2.15. The molecule has 0 radical (unpaired) electrons. The quantitative estimate of drug-likeness (QED) is 0.647. The number of nitrogens with one attached hydrogen (secondary N) is 1. The van der Waals surface area contributed by atoms with Gasteiger partial charge < -0.3 is 9.94 Å². The number of hydroxylamine groups is 1. The molecule has 0 bridgehead atoms. The van der Waals surface area contributed by atoms with E-state index in [1.54, 1.807) is 18.2 Å². The zero-order valence-electron chi connectivity index (χ0n) is 6.90. The molecule has 13 heavy (non-hydrogen) atoms. The average Bonchev–Trinajstić information content (AvgIpc) is 2.18. The van der Waals surface area contributed by atoms with Crippen LogP contribution in [0, 0.1) is 0 Å². The molecule has 2 N–H and O–H groups in total. The highest BCUT2D eigenvalue weighted by molar-refractivity contribution is 5.38. The lowest BCUT2D eigenvalue weighted by Crippen LogP contribution is -2.35. The van der Waals surface area contributed by atoms with Gasteiger partial charge in [0, 0.05) is 5.56 Å². The van der Waals surface area contributed by atoms with Crippen LogP contribution in [0.5, 0.6) is 5.75 Å². The van der Waals surface area contributed by atoms with E-state index >= 15 is 0 Å². The summed E-state index contributed by atoms with van der Waals surface area (Å²) in [5, 5.41) is 8.76. The van der Waals surface area contributed by atoms with Crippen molar-refractivity contribution < 1.29 is 14.3 Å². The Labute approximate surface area is 75.1 Å². The van der Waals surface area contributed by atoms with E-state index in [0.29, 0.717) is 11.3 Å². The zero-order chi connectivity index (χ0) is 9.26. The Balaban J connectivity index is 2.39. The molecule has 1 aromatic carbocycles. The van der Waals surface area contributed by atoms with Crippen LogP contribution < -0.4 is 10.2 Å². The van der Waals surface area contributed by atoms with Gasteiger partial charge in [-0.15, -0.1) is 0 Å². The maximum Gasteiger partial charge on any atom is 0.156 e. The fourth-order valence-corrected chi connectivity index (χ4v) is 1.48. The molecule has 0 unspecified atom stereocenters. The summed E-state index contributed by atoms with van der Waals surface area (Å²) >= 11 is 0. The number of hydrogen-bond acceptors (Lipinski definition) is 3. The zero-order valence-corrected chi connectivity index (χ0v) is 6.90. The van der Waals surface area contributed by atoms with E-state index in [1.165, 1.54) is 0 Å². The number of para-hydroxylation sites is 1. The number of hydrogen-bond donors (Lipinski definition) is 2. The van der Waals surface area contributed by atoms with Crippen molar-refractivity contribution in [2.45, 2.75) is 12.2 Å². The highest BCUT2D eigenvalue weighted by atomic mass is 19.1. The summed E-state index contributed by atoms with van der Waals surface area (Å²) in [4.78, 5) is 0. The standard InChI is InChI=1S/C9H10FNO2/c10-7-5-13-8-4-2-1-3-6(8)9(7)11-12/h1-4,7,9,11-12H,5H2/t7-,9+/m0/s1.